The van der Waals surface area contributed by atoms with Crippen LogP contribution in [-0.4, -0.2) is 48.3 Å². The summed E-state index contributed by atoms with van der Waals surface area (Å²) in [6, 6.07) is 9.40. The van der Waals surface area contributed by atoms with Crippen LogP contribution >= 0.6 is 0 Å². The molecule has 2 aromatic rings. The van der Waals surface area contributed by atoms with Gasteiger partial charge in [-0.2, -0.15) is 0 Å². The maximum Gasteiger partial charge on any atom is 0.0827 e. The maximum atomic E-state index is 5.98. The van der Waals surface area contributed by atoms with E-state index in [0.717, 1.165) is 26.2 Å². The fourth-order valence-corrected chi connectivity index (χ4v) is 3.60. The summed E-state index contributed by atoms with van der Waals surface area (Å²) in [7, 11) is 0. The minimum absolute atomic E-state index is 0.343. The third-order valence-corrected chi connectivity index (χ3v) is 4.78. The normalized spacial score (nSPS) is 26.3. The largest absolute Gasteiger partial charge is 0.374 e. The first-order chi connectivity index (χ1) is 10.4. The molecule has 0 saturated carbocycles. The molecule has 0 amide bonds. The van der Waals surface area contributed by atoms with Crippen molar-refractivity contribution in [2.24, 2.45) is 0 Å². The lowest BCUT2D eigenvalue weighted by Gasteiger charge is -2.35. The average molecular weight is 285 g/mol. The molecule has 1 aromatic carbocycles. The molecule has 3 heterocycles. The van der Waals surface area contributed by atoms with Crippen molar-refractivity contribution in [3.8, 4) is 0 Å². The van der Waals surface area contributed by atoms with E-state index in [9.17, 15) is 0 Å². The Hall–Kier alpha value is -1.36. The Kier molecular flexibility index (Phi) is 3.67. The summed E-state index contributed by atoms with van der Waals surface area (Å²) in [6.45, 7) is 5.11. The molecule has 4 nitrogen and oxygen atoms in total. The number of nitrogens with zero attached hydrogens (tertiary/aromatic N) is 1. The van der Waals surface area contributed by atoms with Crippen LogP contribution in [0.2, 0.25) is 0 Å². The van der Waals surface area contributed by atoms with Crippen LogP contribution in [0.1, 0.15) is 18.4 Å². The van der Waals surface area contributed by atoms with E-state index in [1.807, 2.05) is 6.20 Å². The number of rotatable bonds is 4. The predicted molar refractivity (Wildman–Crippen MR) is 84.3 cm³/mol. The summed E-state index contributed by atoms with van der Waals surface area (Å²) in [4.78, 5) is 5.83. The summed E-state index contributed by atoms with van der Waals surface area (Å²) in [5, 5.41) is 4.83. The van der Waals surface area contributed by atoms with Gasteiger partial charge in [-0.25, -0.2) is 0 Å². The molecule has 2 N–H and O–H groups in total. The van der Waals surface area contributed by atoms with Crippen LogP contribution in [0, 0.1) is 0 Å². The average Bonchev–Trinajstić information content (AvgIpc) is 3.14. The number of aromatic nitrogens is 1. The second-order valence-corrected chi connectivity index (χ2v) is 6.28. The molecular formula is C17H23N3O. The van der Waals surface area contributed by atoms with Gasteiger partial charge in [-0.05, 0) is 48.5 Å². The highest BCUT2D eigenvalue weighted by Gasteiger charge is 2.31. The van der Waals surface area contributed by atoms with Crippen molar-refractivity contribution in [1.29, 1.82) is 0 Å². The lowest BCUT2D eigenvalue weighted by atomic mass is 10.1. The van der Waals surface area contributed by atoms with Gasteiger partial charge in [0.05, 0.1) is 12.7 Å². The smallest absolute Gasteiger partial charge is 0.0827 e. The van der Waals surface area contributed by atoms with Crippen molar-refractivity contribution in [2.75, 3.05) is 26.2 Å². The molecule has 0 spiro atoms. The van der Waals surface area contributed by atoms with E-state index >= 15 is 0 Å². The molecule has 1 aromatic heterocycles. The predicted octanol–water partition coefficient (Wildman–Crippen LogP) is 2.12. The molecule has 0 radical (unpaired) electrons. The van der Waals surface area contributed by atoms with Crippen molar-refractivity contribution in [2.45, 2.75) is 31.5 Å². The van der Waals surface area contributed by atoms with Gasteiger partial charge in [0.15, 0.2) is 0 Å². The zero-order valence-electron chi connectivity index (χ0n) is 12.3. The highest BCUT2D eigenvalue weighted by Crippen LogP contribution is 2.22. The third-order valence-electron chi connectivity index (χ3n) is 4.78. The minimum atomic E-state index is 0.343. The van der Waals surface area contributed by atoms with Gasteiger partial charge in [0.2, 0.25) is 0 Å². The first-order valence-electron chi connectivity index (χ1n) is 8.01. The number of fused-ring (bicyclic) bond motifs is 2. The first-order valence-corrected chi connectivity index (χ1v) is 8.01. The monoisotopic (exact) mass is 285 g/mol. The molecule has 2 atom stereocenters. The van der Waals surface area contributed by atoms with Gasteiger partial charge < -0.3 is 15.0 Å². The Morgan fingerprint density at radius 3 is 3.33 bits per heavy atom. The van der Waals surface area contributed by atoms with Crippen molar-refractivity contribution >= 4 is 10.9 Å². The Labute approximate surface area is 125 Å². The molecule has 2 unspecified atom stereocenters. The first kappa shape index (κ1) is 13.3. The lowest BCUT2D eigenvalue weighted by Crippen LogP contribution is -2.49. The van der Waals surface area contributed by atoms with E-state index in [1.54, 1.807) is 0 Å². The molecule has 0 bridgehead atoms. The van der Waals surface area contributed by atoms with Crippen molar-refractivity contribution < 1.29 is 4.74 Å². The standard InChI is InChI=1S/C17H23N3O/c1-2-15-12-21-16(11-20(15)7-1)10-18-9-13-3-4-17-14(8-13)5-6-19-17/h3-6,8,15-16,18-19H,1-2,7,9-12H2. The molecule has 21 heavy (non-hydrogen) atoms. The quantitative estimate of drug-likeness (QED) is 0.904. The molecular weight excluding hydrogens is 262 g/mol. The number of aromatic amines is 1. The van der Waals surface area contributed by atoms with Gasteiger partial charge in [-0.15, -0.1) is 0 Å². The van der Waals surface area contributed by atoms with Crippen molar-refractivity contribution in [3.63, 3.8) is 0 Å². The van der Waals surface area contributed by atoms with E-state index in [2.05, 4.69) is 39.5 Å². The summed E-state index contributed by atoms with van der Waals surface area (Å²) < 4.78 is 5.98. The van der Waals surface area contributed by atoms with Gasteiger partial charge in [0.25, 0.3) is 0 Å². The van der Waals surface area contributed by atoms with Crippen LogP contribution in [0.5, 0.6) is 0 Å². The third kappa shape index (κ3) is 2.84. The van der Waals surface area contributed by atoms with E-state index in [-0.39, 0.29) is 0 Å². The highest BCUT2D eigenvalue weighted by atomic mass is 16.5. The molecule has 2 saturated heterocycles. The lowest BCUT2D eigenvalue weighted by molar-refractivity contribution is -0.0470. The molecule has 0 aliphatic carbocycles. The van der Waals surface area contributed by atoms with Crippen molar-refractivity contribution in [1.82, 2.24) is 15.2 Å². The van der Waals surface area contributed by atoms with E-state index < -0.39 is 0 Å². The zero-order valence-corrected chi connectivity index (χ0v) is 12.3. The van der Waals surface area contributed by atoms with Crippen molar-refractivity contribution in [3.05, 3.63) is 36.0 Å². The maximum absolute atomic E-state index is 5.98. The van der Waals surface area contributed by atoms with Crippen LogP contribution in [0.15, 0.2) is 30.5 Å². The second kappa shape index (κ2) is 5.79. The molecule has 2 aliphatic heterocycles. The zero-order chi connectivity index (χ0) is 14.1. The number of H-pyrrole nitrogens is 1. The van der Waals surface area contributed by atoms with E-state index in [0.29, 0.717) is 12.1 Å². The number of ether oxygens (including phenoxy) is 1. The summed E-state index contributed by atoms with van der Waals surface area (Å²) in [6.07, 6.45) is 4.99. The van der Waals surface area contributed by atoms with E-state index in [1.165, 1.54) is 35.9 Å². The van der Waals surface area contributed by atoms with Gasteiger partial charge in [0.1, 0.15) is 0 Å². The highest BCUT2D eigenvalue weighted by molar-refractivity contribution is 5.79. The van der Waals surface area contributed by atoms with Gasteiger partial charge in [0, 0.05) is 37.4 Å². The Bertz CT molecular complexity index is 609. The Morgan fingerprint density at radius 2 is 2.33 bits per heavy atom. The number of hydrogen-bond donors (Lipinski definition) is 2. The number of benzene rings is 1. The number of morpholine rings is 1. The fraction of sp³-hybridized carbons (Fsp3) is 0.529. The molecule has 2 fully saturated rings. The van der Waals surface area contributed by atoms with E-state index in [4.69, 9.17) is 4.74 Å². The van der Waals surface area contributed by atoms with Gasteiger partial charge in [-0.3, -0.25) is 4.90 Å². The Morgan fingerprint density at radius 1 is 1.33 bits per heavy atom. The summed E-state index contributed by atoms with van der Waals surface area (Å²) in [5.74, 6) is 0. The van der Waals surface area contributed by atoms with Gasteiger partial charge in [-0.1, -0.05) is 6.07 Å². The van der Waals surface area contributed by atoms with Gasteiger partial charge >= 0.3 is 0 Å². The topological polar surface area (TPSA) is 40.3 Å². The van der Waals surface area contributed by atoms with Crippen LogP contribution in [0.25, 0.3) is 10.9 Å². The molecule has 112 valence electrons. The number of hydrogen-bond acceptors (Lipinski definition) is 3. The number of nitrogens with one attached hydrogen (secondary N) is 2. The van der Waals surface area contributed by atoms with Crippen LogP contribution in [0.3, 0.4) is 0 Å². The molecule has 4 rings (SSSR count). The van der Waals surface area contributed by atoms with Crippen LogP contribution in [0.4, 0.5) is 0 Å². The minimum Gasteiger partial charge on any atom is -0.374 e. The molecule has 2 aliphatic rings. The van der Waals surface area contributed by atoms with Crippen LogP contribution < -0.4 is 5.32 Å². The van der Waals surface area contributed by atoms with Crippen LogP contribution in [-0.2, 0) is 11.3 Å². The molecule has 4 heteroatoms. The second-order valence-electron chi connectivity index (χ2n) is 6.28. The SMILES string of the molecule is c1cc2cc(CNCC3CN4CCCC4CO3)ccc2[nH]1. The summed E-state index contributed by atoms with van der Waals surface area (Å²) in [5.41, 5.74) is 2.53. The summed E-state index contributed by atoms with van der Waals surface area (Å²) >= 11 is 0. The fourth-order valence-electron chi connectivity index (χ4n) is 3.60. The Balaban J connectivity index is 1.29.